The number of anilines is 1. The van der Waals surface area contributed by atoms with Crippen molar-refractivity contribution < 1.29 is 4.79 Å². The Bertz CT molecular complexity index is 1540. The van der Waals surface area contributed by atoms with Crippen molar-refractivity contribution >= 4 is 28.0 Å². The molecule has 0 saturated heterocycles. The number of hydrogen-bond acceptors (Lipinski definition) is 3. The van der Waals surface area contributed by atoms with E-state index in [0.717, 1.165) is 44.1 Å². The van der Waals surface area contributed by atoms with Gasteiger partial charge in [-0.25, -0.2) is 9.50 Å². The van der Waals surface area contributed by atoms with E-state index in [-0.39, 0.29) is 5.91 Å². The lowest BCUT2D eigenvalue weighted by atomic mass is 9.94. The highest BCUT2D eigenvalue weighted by molar-refractivity contribution is 6.17. The normalized spacial score (nSPS) is 11.3. The molecule has 0 unspecified atom stereocenters. The van der Waals surface area contributed by atoms with Gasteiger partial charge in [0.15, 0.2) is 0 Å². The summed E-state index contributed by atoms with van der Waals surface area (Å²) in [7, 11) is 0. The first-order valence-electron chi connectivity index (χ1n) is 11.1. The topological polar surface area (TPSA) is 59.3 Å². The molecule has 0 bridgehead atoms. The average Bonchev–Trinajstić information content (AvgIpc) is 3.14. The lowest BCUT2D eigenvalue weighted by Gasteiger charge is -2.12. The van der Waals surface area contributed by atoms with Crippen molar-refractivity contribution in [2.45, 2.75) is 34.6 Å². The van der Waals surface area contributed by atoms with Gasteiger partial charge in [-0.15, -0.1) is 0 Å². The van der Waals surface area contributed by atoms with Crippen LogP contribution < -0.4 is 5.32 Å². The maximum atomic E-state index is 13.8. The fraction of sp³-hybridized carbons (Fsp3) is 0.179. The molecule has 5 heteroatoms. The molecule has 0 aliphatic carbocycles. The van der Waals surface area contributed by atoms with Crippen LogP contribution in [0.15, 0.2) is 60.9 Å². The highest BCUT2D eigenvalue weighted by Crippen LogP contribution is 2.35. The second-order valence-electron chi connectivity index (χ2n) is 8.83. The highest BCUT2D eigenvalue weighted by Gasteiger charge is 2.25. The van der Waals surface area contributed by atoms with E-state index in [4.69, 9.17) is 5.10 Å². The Morgan fingerprint density at radius 2 is 1.58 bits per heavy atom. The van der Waals surface area contributed by atoms with Crippen LogP contribution in [0.2, 0.25) is 0 Å². The predicted molar refractivity (Wildman–Crippen MR) is 134 cm³/mol. The third kappa shape index (κ3) is 3.55. The summed E-state index contributed by atoms with van der Waals surface area (Å²) in [5.74, 6) is 0.351. The Morgan fingerprint density at radius 1 is 0.879 bits per heavy atom. The summed E-state index contributed by atoms with van der Waals surface area (Å²) < 4.78 is 1.82. The quantitative estimate of drug-likeness (QED) is 0.360. The molecule has 3 aromatic heterocycles. The van der Waals surface area contributed by atoms with E-state index in [1.54, 1.807) is 6.20 Å². The van der Waals surface area contributed by atoms with Gasteiger partial charge < -0.3 is 5.32 Å². The number of carbonyl (C=O) groups is 1. The van der Waals surface area contributed by atoms with Crippen LogP contribution in [-0.4, -0.2) is 20.5 Å². The molecule has 0 radical (unpaired) electrons. The molecule has 0 aliphatic heterocycles. The van der Waals surface area contributed by atoms with Gasteiger partial charge in [0.05, 0.1) is 11.1 Å². The average molecular weight is 435 g/mol. The molecule has 5 aromatic rings. The Hall–Kier alpha value is -3.99. The fourth-order valence-electron chi connectivity index (χ4n) is 4.77. The van der Waals surface area contributed by atoms with E-state index < -0.39 is 0 Å². The van der Waals surface area contributed by atoms with Gasteiger partial charge in [-0.2, -0.15) is 5.10 Å². The number of fused-ring (bicyclic) bond motifs is 3. The summed E-state index contributed by atoms with van der Waals surface area (Å²) in [6.45, 7) is 10.2. The van der Waals surface area contributed by atoms with Gasteiger partial charge in [0.25, 0.3) is 5.91 Å². The SMILES string of the molecule is Cc1cnc(NC(=O)c2c(-c3c(C)cc(C)cc3C)nn3ccc4ccccc4c23)c(C)c1. The second kappa shape index (κ2) is 7.85. The van der Waals surface area contributed by atoms with Crippen LogP contribution >= 0.6 is 0 Å². The first-order valence-corrected chi connectivity index (χ1v) is 11.1. The van der Waals surface area contributed by atoms with Crippen LogP contribution in [0.4, 0.5) is 5.82 Å². The van der Waals surface area contributed by atoms with E-state index in [0.29, 0.717) is 17.1 Å². The number of aryl methyl sites for hydroxylation is 5. The van der Waals surface area contributed by atoms with Crippen molar-refractivity contribution in [1.82, 2.24) is 14.6 Å². The number of rotatable bonds is 3. The number of nitrogens with zero attached hydrogens (tertiary/aromatic N) is 3. The molecule has 0 saturated carbocycles. The standard InChI is InChI=1S/C28H26N4O/c1-16-12-18(3)23(19(4)13-16)25-24(28(33)30-27-20(5)14-17(2)15-29-27)26-22-9-7-6-8-21(22)10-11-32(26)31-25/h6-15H,1-5H3,(H,29,30,33). The smallest absolute Gasteiger partial charge is 0.261 e. The zero-order valence-electron chi connectivity index (χ0n) is 19.5. The summed E-state index contributed by atoms with van der Waals surface area (Å²) in [4.78, 5) is 18.3. The van der Waals surface area contributed by atoms with Gasteiger partial charge in [-0.3, -0.25) is 4.79 Å². The zero-order valence-corrected chi connectivity index (χ0v) is 19.5. The molecule has 3 heterocycles. The van der Waals surface area contributed by atoms with Gasteiger partial charge in [0.1, 0.15) is 11.5 Å². The van der Waals surface area contributed by atoms with Crippen LogP contribution in [0.3, 0.4) is 0 Å². The maximum Gasteiger partial charge on any atom is 0.261 e. The molecule has 33 heavy (non-hydrogen) atoms. The largest absolute Gasteiger partial charge is 0.306 e. The van der Waals surface area contributed by atoms with Crippen LogP contribution in [0.25, 0.3) is 27.5 Å². The minimum absolute atomic E-state index is 0.213. The Balaban J connectivity index is 1.80. The summed E-state index contributed by atoms with van der Waals surface area (Å²) in [6, 6.07) is 16.4. The third-order valence-electron chi connectivity index (χ3n) is 6.11. The predicted octanol–water partition coefficient (Wildman–Crippen LogP) is 6.34. The van der Waals surface area contributed by atoms with Gasteiger partial charge >= 0.3 is 0 Å². The van der Waals surface area contributed by atoms with Crippen molar-refractivity contribution in [3.63, 3.8) is 0 Å². The van der Waals surface area contributed by atoms with Gasteiger partial charge in [0, 0.05) is 23.3 Å². The van der Waals surface area contributed by atoms with Crippen LogP contribution in [0.5, 0.6) is 0 Å². The molecule has 0 fully saturated rings. The Kier molecular flexibility index (Phi) is 4.97. The summed E-state index contributed by atoms with van der Waals surface area (Å²) in [5.41, 5.74) is 8.39. The number of aromatic nitrogens is 3. The Morgan fingerprint density at radius 3 is 2.30 bits per heavy atom. The van der Waals surface area contributed by atoms with Crippen molar-refractivity contribution in [1.29, 1.82) is 0 Å². The molecule has 5 nitrogen and oxygen atoms in total. The van der Waals surface area contributed by atoms with Gasteiger partial charge in [0.2, 0.25) is 0 Å². The zero-order chi connectivity index (χ0) is 23.3. The highest BCUT2D eigenvalue weighted by atomic mass is 16.1. The molecule has 0 spiro atoms. The third-order valence-corrected chi connectivity index (χ3v) is 6.11. The van der Waals surface area contributed by atoms with Crippen LogP contribution in [-0.2, 0) is 0 Å². The van der Waals surface area contributed by atoms with E-state index in [1.165, 1.54) is 5.56 Å². The molecule has 0 atom stereocenters. The Labute approximate surface area is 193 Å². The van der Waals surface area contributed by atoms with Gasteiger partial charge in [-0.05, 0) is 68.3 Å². The lowest BCUT2D eigenvalue weighted by Crippen LogP contribution is -2.15. The monoisotopic (exact) mass is 434 g/mol. The molecule has 1 N–H and O–H groups in total. The van der Waals surface area contributed by atoms with Crippen LogP contribution in [0.1, 0.15) is 38.2 Å². The molecule has 5 rings (SSSR count). The fourth-order valence-corrected chi connectivity index (χ4v) is 4.77. The first kappa shape index (κ1) is 20.9. The van der Waals surface area contributed by atoms with Crippen molar-refractivity contribution in [2.24, 2.45) is 0 Å². The number of carbonyl (C=O) groups excluding carboxylic acids is 1. The van der Waals surface area contributed by atoms with E-state index in [1.807, 2.05) is 54.9 Å². The number of pyridine rings is 2. The molecule has 1 amide bonds. The lowest BCUT2D eigenvalue weighted by molar-refractivity contribution is 0.102. The number of nitrogens with one attached hydrogen (secondary N) is 1. The first-order chi connectivity index (χ1) is 15.8. The molecular weight excluding hydrogens is 408 g/mol. The summed E-state index contributed by atoms with van der Waals surface area (Å²) in [5, 5.41) is 10.0. The van der Waals surface area contributed by atoms with E-state index >= 15 is 0 Å². The van der Waals surface area contributed by atoms with Gasteiger partial charge in [-0.1, -0.05) is 48.0 Å². The summed E-state index contributed by atoms with van der Waals surface area (Å²) >= 11 is 0. The second-order valence-corrected chi connectivity index (χ2v) is 8.83. The molecular formula is C28H26N4O. The number of hydrogen-bond donors (Lipinski definition) is 1. The number of benzene rings is 2. The molecule has 0 aliphatic rings. The molecule has 2 aromatic carbocycles. The van der Waals surface area contributed by atoms with Crippen molar-refractivity contribution in [3.05, 3.63) is 94.3 Å². The number of amides is 1. The van der Waals surface area contributed by atoms with Crippen LogP contribution in [0, 0.1) is 34.6 Å². The van der Waals surface area contributed by atoms with E-state index in [9.17, 15) is 4.79 Å². The molecule has 164 valence electrons. The minimum atomic E-state index is -0.213. The van der Waals surface area contributed by atoms with Crippen molar-refractivity contribution in [2.75, 3.05) is 5.32 Å². The minimum Gasteiger partial charge on any atom is -0.306 e. The van der Waals surface area contributed by atoms with E-state index in [2.05, 4.69) is 49.3 Å². The van der Waals surface area contributed by atoms with Crippen molar-refractivity contribution in [3.8, 4) is 11.3 Å². The maximum absolute atomic E-state index is 13.8. The summed E-state index contributed by atoms with van der Waals surface area (Å²) in [6.07, 6.45) is 3.69.